The van der Waals surface area contributed by atoms with Crippen LogP contribution in [0.25, 0.3) is 0 Å². The fourth-order valence-electron chi connectivity index (χ4n) is 3.80. The van der Waals surface area contributed by atoms with Gasteiger partial charge in [-0.25, -0.2) is 0 Å². The summed E-state index contributed by atoms with van der Waals surface area (Å²) in [4.78, 5) is 15.0. The van der Waals surface area contributed by atoms with Crippen LogP contribution >= 0.6 is 0 Å². The standard InChI is InChI=1S/C18H32N2O3/c1-18(2)14-7-6-13(16(18)8-14)11-23-12-15(21)9-20(5)10-17(22)19(3)4/h6,14-16,21H,7-12H2,1-5H3. The number of hydrogen-bond acceptors (Lipinski definition) is 4. The lowest BCUT2D eigenvalue weighted by Crippen LogP contribution is -2.48. The summed E-state index contributed by atoms with van der Waals surface area (Å²) in [5.74, 6) is 1.53. The van der Waals surface area contributed by atoms with Crippen molar-refractivity contribution in [2.45, 2.75) is 32.8 Å². The Balaban J connectivity index is 1.66. The van der Waals surface area contributed by atoms with Crippen LogP contribution in [0.15, 0.2) is 11.6 Å². The van der Waals surface area contributed by atoms with E-state index in [1.54, 1.807) is 19.0 Å². The summed E-state index contributed by atoms with van der Waals surface area (Å²) in [6.45, 7) is 6.39. The molecule has 3 atom stereocenters. The molecule has 0 radical (unpaired) electrons. The molecule has 0 saturated heterocycles. The largest absolute Gasteiger partial charge is 0.389 e. The third kappa shape index (κ3) is 4.34. The number of carbonyl (C=O) groups excluding carboxylic acids is 1. The highest BCUT2D eigenvalue weighted by molar-refractivity contribution is 5.77. The molecule has 5 heteroatoms. The van der Waals surface area contributed by atoms with Crippen molar-refractivity contribution in [2.75, 3.05) is 47.4 Å². The topological polar surface area (TPSA) is 53.0 Å². The Bertz CT molecular complexity index is 459. The SMILES string of the molecule is CN(CC(=O)N(C)C)CC(O)COCC1=CCC2CC1C2(C)C. The molecule has 1 saturated carbocycles. The average molecular weight is 324 g/mol. The Labute approximate surface area is 140 Å². The molecule has 1 fully saturated rings. The number of likely N-dealkylation sites (N-methyl/N-ethyl adjacent to an activating group) is 2. The van der Waals surface area contributed by atoms with Crippen LogP contribution in [0.5, 0.6) is 0 Å². The van der Waals surface area contributed by atoms with Crippen LogP contribution in [0, 0.1) is 17.3 Å². The molecule has 0 aromatic rings. The molecule has 23 heavy (non-hydrogen) atoms. The van der Waals surface area contributed by atoms with Gasteiger partial charge in [0.1, 0.15) is 0 Å². The average Bonchev–Trinajstić information content (AvgIpc) is 2.46. The first-order valence-corrected chi connectivity index (χ1v) is 8.55. The number of aliphatic hydroxyl groups is 1. The number of ether oxygens (including phenoxy) is 1. The van der Waals surface area contributed by atoms with E-state index in [1.807, 2.05) is 11.9 Å². The van der Waals surface area contributed by atoms with E-state index in [2.05, 4.69) is 19.9 Å². The van der Waals surface area contributed by atoms with Gasteiger partial charge < -0.3 is 14.7 Å². The lowest BCUT2D eigenvalue weighted by Gasteiger charge is -2.56. The Hall–Kier alpha value is -0.910. The molecule has 0 aromatic heterocycles. The number of hydrogen-bond donors (Lipinski definition) is 1. The summed E-state index contributed by atoms with van der Waals surface area (Å²) in [5, 5.41) is 10.1. The van der Waals surface area contributed by atoms with Gasteiger partial charge in [-0.1, -0.05) is 19.9 Å². The van der Waals surface area contributed by atoms with Crippen LogP contribution in [-0.2, 0) is 9.53 Å². The van der Waals surface area contributed by atoms with Gasteiger partial charge in [-0.3, -0.25) is 9.69 Å². The summed E-state index contributed by atoms with van der Waals surface area (Å²) in [6, 6.07) is 0. The zero-order valence-corrected chi connectivity index (χ0v) is 15.2. The van der Waals surface area contributed by atoms with E-state index >= 15 is 0 Å². The highest BCUT2D eigenvalue weighted by atomic mass is 16.5. The second-order valence-corrected chi connectivity index (χ2v) is 7.98. The minimum Gasteiger partial charge on any atom is -0.389 e. The summed E-state index contributed by atoms with van der Waals surface area (Å²) in [7, 11) is 5.31. The zero-order valence-electron chi connectivity index (χ0n) is 15.2. The molecule has 1 amide bonds. The summed E-state index contributed by atoms with van der Waals surface area (Å²) in [6.07, 6.45) is 4.22. The second-order valence-electron chi connectivity index (χ2n) is 7.98. The summed E-state index contributed by atoms with van der Waals surface area (Å²) >= 11 is 0. The van der Waals surface area contributed by atoms with Crippen molar-refractivity contribution in [2.24, 2.45) is 17.3 Å². The van der Waals surface area contributed by atoms with Crippen molar-refractivity contribution in [3.05, 3.63) is 11.6 Å². The van der Waals surface area contributed by atoms with Crippen LogP contribution in [0.3, 0.4) is 0 Å². The van der Waals surface area contributed by atoms with E-state index in [0.717, 1.165) is 5.92 Å². The normalized spacial score (nSPS) is 26.5. The minimum absolute atomic E-state index is 0.0368. The van der Waals surface area contributed by atoms with Gasteiger partial charge in [-0.15, -0.1) is 0 Å². The van der Waals surface area contributed by atoms with Gasteiger partial charge in [0.05, 0.1) is 25.9 Å². The highest BCUT2D eigenvalue weighted by Crippen LogP contribution is 2.59. The van der Waals surface area contributed by atoms with Crippen molar-refractivity contribution in [1.82, 2.24) is 9.80 Å². The Morgan fingerprint density at radius 2 is 2.13 bits per heavy atom. The van der Waals surface area contributed by atoms with E-state index in [4.69, 9.17) is 4.74 Å². The monoisotopic (exact) mass is 324 g/mol. The van der Waals surface area contributed by atoms with E-state index in [-0.39, 0.29) is 5.91 Å². The molecule has 5 nitrogen and oxygen atoms in total. The van der Waals surface area contributed by atoms with Gasteiger partial charge in [-0.2, -0.15) is 0 Å². The highest BCUT2D eigenvalue weighted by Gasteiger charge is 2.50. The number of nitrogens with zero attached hydrogens (tertiary/aromatic N) is 2. The van der Waals surface area contributed by atoms with Crippen LogP contribution < -0.4 is 0 Å². The molecular formula is C18H32N2O3. The fraction of sp³-hybridized carbons (Fsp3) is 0.833. The van der Waals surface area contributed by atoms with Crippen molar-refractivity contribution in [3.63, 3.8) is 0 Å². The van der Waals surface area contributed by atoms with Gasteiger partial charge in [0.25, 0.3) is 0 Å². The predicted molar refractivity (Wildman–Crippen MR) is 91.1 cm³/mol. The summed E-state index contributed by atoms with van der Waals surface area (Å²) < 4.78 is 5.74. The van der Waals surface area contributed by atoms with Crippen LogP contribution in [-0.4, -0.2) is 74.4 Å². The van der Waals surface area contributed by atoms with Crippen molar-refractivity contribution in [1.29, 1.82) is 0 Å². The molecule has 3 unspecified atom stereocenters. The molecule has 3 aliphatic carbocycles. The maximum absolute atomic E-state index is 11.6. The Morgan fingerprint density at radius 3 is 2.70 bits per heavy atom. The quantitative estimate of drug-likeness (QED) is 0.685. The minimum atomic E-state index is -0.568. The van der Waals surface area contributed by atoms with Crippen LogP contribution in [0.2, 0.25) is 0 Å². The fourth-order valence-corrected chi connectivity index (χ4v) is 3.80. The molecule has 3 aliphatic rings. The first-order chi connectivity index (χ1) is 10.7. The number of amides is 1. The van der Waals surface area contributed by atoms with Gasteiger partial charge in [0, 0.05) is 20.6 Å². The van der Waals surface area contributed by atoms with Crippen molar-refractivity contribution >= 4 is 5.91 Å². The number of allylic oxidation sites excluding steroid dienone is 1. The number of fused-ring (bicyclic) bond motifs is 1. The van der Waals surface area contributed by atoms with Crippen molar-refractivity contribution in [3.8, 4) is 0 Å². The van der Waals surface area contributed by atoms with Gasteiger partial charge in [0.15, 0.2) is 0 Å². The van der Waals surface area contributed by atoms with Gasteiger partial charge in [-0.05, 0) is 42.7 Å². The lowest BCUT2D eigenvalue weighted by atomic mass is 9.49. The summed E-state index contributed by atoms with van der Waals surface area (Å²) in [5.41, 5.74) is 1.82. The Morgan fingerprint density at radius 1 is 1.43 bits per heavy atom. The first kappa shape index (κ1) is 18.4. The third-order valence-electron chi connectivity index (χ3n) is 5.59. The van der Waals surface area contributed by atoms with Gasteiger partial charge in [0.2, 0.25) is 5.91 Å². The van der Waals surface area contributed by atoms with E-state index in [1.165, 1.54) is 18.4 Å². The molecule has 3 rings (SSSR count). The zero-order chi connectivity index (χ0) is 17.2. The van der Waals surface area contributed by atoms with Crippen molar-refractivity contribution < 1.29 is 14.6 Å². The molecule has 0 spiro atoms. The number of aliphatic hydroxyl groups excluding tert-OH is 1. The maximum atomic E-state index is 11.6. The molecule has 2 bridgehead atoms. The van der Waals surface area contributed by atoms with Crippen LogP contribution in [0.4, 0.5) is 0 Å². The van der Waals surface area contributed by atoms with E-state index in [0.29, 0.717) is 37.6 Å². The molecule has 0 aromatic carbocycles. The number of rotatable bonds is 8. The van der Waals surface area contributed by atoms with E-state index in [9.17, 15) is 9.90 Å². The van der Waals surface area contributed by atoms with Gasteiger partial charge >= 0.3 is 0 Å². The molecule has 0 aliphatic heterocycles. The Kier molecular flexibility index (Phi) is 5.87. The molecule has 0 heterocycles. The third-order valence-corrected chi connectivity index (χ3v) is 5.59. The lowest BCUT2D eigenvalue weighted by molar-refractivity contribution is -0.129. The first-order valence-electron chi connectivity index (χ1n) is 8.55. The predicted octanol–water partition coefficient (Wildman–Crippen LogP) is 1.38. The second kappa shape index (κ2) is 7.32. The molecule has 1 N–H and O–H groups in total. The van der Waals surface area contributed by atoms with Crippen LogP contribution in [0.1, 0.15) is 26.7 Å². The molecule has 132 valence electrons. The smallest absolute Gasteiger partial charge is 0.236 e. The van der Waals surface area contributed by atoms with E-state index < -0.39 is 6.10 Å². The maximum Gasteiger partial charge on any atom is 0.236 e. The molecular weight excluding hydrogens is 292 g/mol. The number of carbonyl (C=O) groups is 1.